The summed E-state index contributed by atoms with van der Waals surface area (Å²) in [6, 6.07) is 6.61. The van der Waals surface area contributed by atoms with Crippen LogP contribution in [0.5, 0.6) is 5.75 Å². The van der Waals surface area contributed by atoms with Crippen molar-refractivity contribution < 1.29 is 4.74 Å². The Hall–Kier alpha value is -1.02. The Kier molecular flexibility index (Phi) is 5.47. The van der Waals surface area contributed by atoms with E-state index in [0.717, 1.165) is 30.7 Å². The fourth-order valence-electron chi connectivity index (χ4n) is 3.67. The van der Waals surface area contributed by atoms with Crippen molar-refractivity contribution >= 4 is 0 Å². The summed E-state index contributed by atoms with van der Waals surface area (Å²) in [6.45, 7) is 8.01. The summed E-state index contributed by atoms with van der Waals surface area (Å²) in [5.41, 5.74) is 8.72. The molecule has 0 radical (unpaired) electrons. The van der Waals surface area contributed by atoms with Crippen molar-refractivity contribution in [2.75, 3.05) is 13.2 Å². The van der Waals surface area contributed by atoms with Crippen molar-refractivity contribution in [3.8, 4) is 5.75 Å². The van der Waals surface area contributed by atoms with Crippen LogP contribution in [0.15, 0.2) is 18.2 Å². The van der Waals surface area contributed by atoms with Crippen molar-refractivity contribution in [2.24, 2.45) is 17.6 Å². The molecule has 2 rings (SSSR count). The second-order valence-corrected chi connectivity index (χ2v) is 6.33. The summed E-state index contributed by atoms with van der Waals surface area (Å²) in [7, 11) is 0. The summed E-state index contributed by atoms with van der Waals surface area (Å²) >= 11 is 0. The van der Waals surface area contributed by atoms with E-state index >= 15 is 0 Å². The number of hydrogen-bond donors (Lipinski definition) is 1. The summed E-state index contributed by atoms with van der Waals surface area (Å²) in [6.07, 6.45) is 5.40. The van der Waals surface area contributed by atoms with Gasteiger partial charge in [0, 0.05) is 0 Å². The zero-order chi connectivity index (χ0) is 14.5. The molecule has 0 spiro atoms. The monoisotopic (exact) mass is 275 g/mol. The van der Waals surface area contributed by atoms with Gasteiger partial charge in [-0.3, -0.25) is 0 Å². The van der Waals surface area contributed by atoms with Crippen LogP contribution in [0.4, 0.5) is 0 Å². The van der Waals surface area contributed by atoms with E-state index in [1.165, 1.54) is 36.8 Å². The van der Waals surface area contributed by atoms with Crippen molar-refractivity contribution in [1.82, 2.24) is 0 Å². The third-order valence-corrected chi connectivity index (χ3v) is 4.73. The fraction of sp³-hybridized carbons (Fsp3) is 0.667. The molecule has 1 fully saturated rings. The van der Waals surface area contributed by atoms with E-state index in [1.54, 1.807) is 0 Å². The standard InChI is InChI=1S/C18H29NO/c1-4-20-18-9-8-16(11-14(18)3)17(12-19)15-7-5-6-13(2)10-15/h8-9,11,13,15,17H,4-7,10,12,19H2,1-3H3. The van der Waals surface area contributed by atoms with Crippen molar-refractivity contribution in [3.63, 3.8) is 0 Å². The van der Waals surface area contributed by atoms with Gasteiger partial charge in [-0.25, -0.2) is 0 Å². The molecule has 20 heavy (non-hydrogen) atoms. The molecule has 3 atom stereocenters. The van der Waals surface area contributed by atoms with E-state index in [1.807, 2.05) is 6.92 Å². The lowest BCUT2D eigenvalue weighted by molar-refractivity contribution is 0.247. The minimum absolute atomic E-state index is 0.507. The first-order chi connectivity index (χ1) is 9.65. The smallest absolute Gasteiger partial charge is 0.122 e. The van der Waals surface area contributed by atoms with E-state index in [2.05, 4.69) is 32.0 Å². The quantitative estimate of drug-likeness (QED) is 0.871. The predicted octanol–water partition coefficient (Wildman–Crippen LogP) is 4.26. The van der Waals surface area contributed by atoms with Crippen LogP contribution in [0.3, 0.4) is 0 Å². The van der Waals surface area contributed by atoms with Crippen molar-refractivity contribution in [2.45, 2.75) is 52.4 Å². The lowest BCUT2D eigenvalue weighted by Gasteiger charge is -2.33. The molecule has 2 nitrogen and oxygen atoms in total. The molecule has 1 saturated carbocycles. The highest BCUT2D eigenvalue weighted by molar-refractivity contribution is 5.38. The first kappa shape index (κ1) is 15.4. The maximum atomic E-state index is 6.10. The highest BCUT2D eigenvalue weighted by atomic mass is 16.5. The van der Waals surface area contributed by atoms with Gasteiger partial charge in [-0.05, 0) is 68.2 Å². The molecule has 2 heteroatoms. The van der Waals surface area contributed by atoms with Gasteiger partial charge in [0.25, 0.3) is 0 Å². The van der Waals surface area contributed by atoms with Gasteiger partial charge in [-0.1, -0.05) is 31.9 Å². The molecule has 112 valence electrons. The summed E-state index contributed by atoms with van der Waals surface area (Å²) in [5.74, 6) is 3.11. The normalized spacial score (nSPS) is 24.4. The van der Waals surface area contributed by atoms with Crippen LogP contribution in [0, 0.1) is 18.8 Å². The molecule has 0 amide bonds. The molecule has 0 aliphatic heterocycles. The van der Waals surface area contributed by atoms with E-state index in [0.29, 0.717) is 5.92 Å². The molecule has 1 aromatic carbocycles. The zero-order valence-corrected chi connectivity index (χ0v) is 13.2. The van der Waals surface area contributed by atoms with Gasteiger partial charge in [0.2, 0.25) is 0 Å². The third kappa shape index (κ3) is 3.54. The number of aryl methyl sites for hydroxylation is 1. The molecule has 0 bridgehead atoms. The Morgan fingerprint density at radius 1 is 1.35 bits per heavy atom. The molecular formula is C18H29NO. The fourth-order valence-corrected chi connectivity index (χ4v) is 3.67. The highest BCUT2D eigenvalue weighted by Gasteiger charge is 2.27. The highest BCUT2D eigenvalue weighted by Crippen LogP contribution is 2.38. The van der Waals surface area contributed by atoms with Gasteiger partial charge < -0.3 is 10.5 Å². The van der Waals surface area contributed by atoms with Crippen LogP contribution in [0.1, 0.15) is 56.6 Å². The number of benzene rings is 1. The van der Waals surface area contributed by atoms with Crippen molar-refractivity contribution in [3.05, 3.63) is 29.3 Å². The Morgan fingerprint density at radius 2 is 2.15 bits per heavy atom. The van der Waals surface area contributed by atoms with Gasteiger partial charge in [-0.15, -0.1) is 0 Å². The number of ether oxygens (including phenoxy) is 1. The maximum absolute atomic E-state index is 6.10. The zero-order valence-electron chi connectivity index (χ0n) is 13.2. The third-order valence-electron chi connectivity index (χ3n) is 4.73. The van der Waals surface area contributed by atoms with Gasteiger partial charge in [-0.2, -0.15) is 0 Å². The number of hydrogen-bond acceptors (Lipinski definition) is 2. The van der Waals surface area contributed by atoms with Crippen LogP contribution < -0.4 is 10.5 Å². The van der Waals surface area contributed by atoms with Crippen LogP contribution in [0.2, 0.25) is 0 Å². The SMILES string of the molecule is CCOc1ccc(C(CN)C2CCCC(C)C2)cc1C. The maximum Gasteiger partial charge on any atom is 0.122 e. The Balaban J connectivity index is 2.16. The average Bonchev–Trinajstić information content (AvgIpc) is 2.43. The summed E-state index contributed by atoms with van der Waals surface area (Å²) in [5, 5.41) is 0. The lowest BCUT2D eigenvalue weighted by atomic mass is 9.73. The first-order valence-electron chi connectivity index (χ1n) is 8.09. The molecular weight excluding hydrogens is 246 g/mol. The molecule has 0 aromatic heterocycles. The topological polar surface area (TPSA) is 35.2 Å². The van der Waals surface area contributed by atoms with E-state index in [9.17, 15) is 0 Å². The van der Waals surface area contributed by atoms with Crippen LogP contribution in [0.25, 0.3) is 0 Å². The lowest BCUT2D eigenvalue weighted by Crippen LogP contribution is -2.26. The van der Waals surface area contributed by atoms with E-state index < -0.39 is 0 Å². The minimum Gasteiger partial charge on any atom is -0.494 e. The Bertz CT molecular complexity index is 429. The van der Waals surface area contributed by atoms with Crippen molar-refractivity contribution in [1.29, 1.82) is 0 Å². The molecule has 2 N–H and O–H groups in total. The Morgan fingerprint density at radius 3 is 2.75 bits per heavy atom. The Labute approximate surface area is 123 Å². The molecule has 0 saturated heterocycles. The van der Waals surface area contributed by atoms with Gasteiger partial charge in [0.05, 0.1) is 6.61 Å². The van der Waals surface area contributed by atoms with Crippen LogP contribution in [-0.4, -0.2) is 13.2 Å². The molecule has 3 unspecified atom stereocenters. The summed E-state index contributed by atoms with van der Waals surface area (Å²) < 4.78 is 5.64. The van der Waals surface area contributed by atoms with E-state index in [-0.39, 0.29) is 0 Å². The van der Waals surface area contributed by atoms with Gasteiger partial charge in [0.15, 0.2) is 0 Å². The van der Waals surface area contributed by atoms with Crippen LogP contribution >= 0.6 is 0 Å². The van der Waals surface area contributed by atoms with Gasteiger partial charge in [0.1, 0.15) is 5.75 Å². The van der Waals surface area contributed by atoms with Gasteiger partial charge >= 0.3 is 0 Å². The first-order valence-corrected chi connectivity index (χ1v) is 8.09. The summed E-state index contributed by atoms with van der Waals surface area (Å²) in [4.78, 5) is 0. The minimum atomic E-state index is 0.507. The molecule has 1 aliphatic rings. The number of nitrogens with two attached hydrogens (primary N) is 1. The predicted molar refractivity (Wildman–Crippen MR) is 85.3 cm³/mol. The molecule has 1 aliphatic carbocycles. The van der Waals surface area contributed by atoms with E-state index in [4.69, 9.17) is 10.5 Å². The molecule has 1 aromatic rings. The molecule has 0 heterocycles. The largest absolute Gasteiger partial charge is 0.494 e. The second-order valence-electron chi connectivity index (χ2n) is 6.33. The van der Waals surface area contributed by atoms with Crippen LogP contribution in [-0.2, 0) is 0 Å². The number of rotatable bonds is 5. The average molecular weight is 275 g/mol. The second kappa shape index (κ2) is 7.12.